The molecule has 29 heavy (non-hydrogen) atoms. The van der Waals surface area contributed by atoms with Gasteiger partial charge in [-0.3, -0.25) is 0 Å². The van der Waals surface area contributed by atoms with Gasteiger partial charge in [0.25, 0.3) is 0 Å². The van der Waals surface area contributed by atoms with Crippen LogP contribution in [0.2, 0.25) is 5.02 Å². The Morgan fingerprint density at radius 1 is 1.10 bits per heavy atom. The van der Waals surface area contributed by atoms with Crippen molar-refractivity contribution in [2.45, 2.75) is 17.7 Å². The van der Waals surface area contributed by atoms with Crippen molar-refractivity contribution in [2.24, 2.45) is 5.16 Å². The summed E-state index contributed by atoms with van der Waals surface area (Å²) >= 11 is 7.45. The monoisotopic (exact) mass is 426 g/mol. The van der Waals surface area contributed by atoms with Crippen molar-refractivity contribution in [3.63, 3.8) is 0 Å². The second-order valence-corrected chi connectivity index (χ2v) is 7.48. The van der Waals surface area contributed by atoms with Gasteiger partial charge in [-0.2, -0.15) is 0 Å². The molecule has 0 bridgehead atoms. The first kappa shape index (κ1) is 20.9. The van der Waals surface area contributed by atoms with Crippen molar-refractivity contribution < 1.29 is 14.4 Å². The number of methoxy groups -OCH3 is 1. The molecule has 0 N–H and O–H groups in total. The van der Waals surface area contributed by atoms with Crippen LogP contribution in [-0.4, -0.2) is 23.8 Å². The minimum absolute atomic E-state index is 0.383. The maximum atomic E-state index is 12.1. The minimum atomic E-state index is -0.541. The molecular formula is C22H19ClN2O3S. The quantitative estimate of drug-likeness (QED) is 0.212. The number of hydrogen-bond donors (Lipinski definition) is 0. The second kappa shape index (κ2) is 10.1. The molecule has 0 saturated heterocycles. The van der Waals surface area contributed by atoms with Gasteiger partial charge in [-0.25, -0.2) is 9.78 Å². The molecule has 0 aliphatic rings. The topological polar surface area (TPSA) is 60.8 Å². The maximum absolute atomic E-state index is 12.1. The number of benzene rings is 2. The molecule has 7 heteroatoms. The van der Waals surface area contributed by atoms with Gasteiger partial charge >= 0.3 is 5.97 Å². The van der Waals surface area contributed by atoms with E-state index in [-0.39, 0.29) is 0 Å². The van der Waals surface area contributed by atoms with Crippen LogP contribution in [0.4, 0.5) is 0 Å². The second-order valence-electron chi connectivity index (χ2n) is 6.05. The van der Waals surface area contributed by atoms with E-state index in [1.54, 1.807) is 56.3 Å². The Labute approximate surface area is 178 Å². The Kier molecular flexibility index (Phi) is 7.27. The predicted octanol–water partition coefficient (Wildman–Crippen LogP) is 5.62. The number of rotatable bonds is 7. The largest absolute Gasteiger partial charge is 0.496 e. The van der Waals surface area contributed by atoms with Crippen molar-refractivity contribution in [1.82, 2.24) is 4.98 Å². The third-order valence-corrected chi connectivity index (χ3v) is 5.30. The van der Waals surface area contributed by atoms with E-state index in [9.17, 15) is 4.79 Å². The van der Waals surface area contributed by atoms with Crippen LogP contribution < -0.4 is 4.74 Å². The normalized spacial score (nSPS) is 11.2. The lowest BCUT2D eigenvalue weighted by atomic mass is 10.1. The van der Waals surface area contributed by atoms with Crippen LogP contribution >= 0.6 is 23.4 Å². The van der Waals surface area contributed by atoms with Crippen molar-refractivity contribution >= 4 is 35.0 Å². The van der Waals surface area contributed by atoms with Gasteiger partial charge in [0.05, 0.1) is 23.4 Å². The SMILES string of the molecule is COc1ccc(/C(C)=N\OC(=O)c2ccc(Cl)cc2)cc1CSc1ccccn1. The molecule has 0 spiro atoms. The number of oxime groups is 1. The molecular weight excluding hydrogens is 408 g/mol. The van der Waals surface area contributed by atoms with E-state index in [2.05, 4.69) is 10.1 Å². The van der Waals surface area contributed by atoms with Gasteiger partial charge < -0.3 is 9.57 Å². The summed E-state index contributed by atoms with van der Waals surface area (Å²) in [4.78, 5) is 21.5. The van der Waals surface area contributed by atoms with Gasteiger partial charge in [-0.05, 0) is 67.1 Å². The van der Waals surface area contributed by atoms with E-state index in [4.69, 9.17) is 21.2 Å². The lowest BCUT2D eigenvalue weighted by Gasteiger charge is -2.10. The third-order valence-electron chi connectivity index (χ3n) is 4.06. The predicted molar refractivity (Wildman–Crippen MR) is 116 cm³/mol. The van der Waals surface area contributed by atoms with E-state index in [0.717, 1.165) is 21.9 Å². The van der Waals surface area contributed by atoms with Crippen molar-refractivity contribution in [1.29, 1.82) is 0 Å². The lowest BCUT2D eigenvalue weighted by Crippen LogP contribution is -2.04. The first-order chi connectivity index (χ1) is 14.1. The van der Waals surface area contributed by atoms with Crippen molar-refractivity contribution in [3.05, 3.63) is 88.6 Å². The highest BCUT2D eigenvalue weighted by atomic mass is 35.5. The standard InChI is InChI=1S/C22H19ClN2O3S/c1-15(25-28-22(26)16-6-9-19(23)10-7-16)17-8-11-20(27-2)18(13-17)14-29-21-5-3-4-12-24-21/h3-13H,14H2,1-2H3/b25-15-. The fourth-order valence-electron chi connectivity index (χ4n) is 2.50. The van der Waals surface area contributed by atoms with Crippen LogP contribution in [0, 0.1) is 0 Å². The van der Waals surface area contributed by atoms with E-state index in [1.807, 2.05) is 36.4 Å². The summed E-state index contributed by atoms with van der Waals surface area (Å²) in [5, 5.41) is 5.47. The molecule has 2 aromatic carbocycles. The number of nitrogens with zero attached hydrogens (tertiary/aromatic N) is 2. The number of halogens is 1. The molecule has 0 radical (unpaired) electrons. The summed E-state index contributed by atoms with van der Waals surface area (Å²) in [5.74, 6) is 0.926. The molecule has 1 heterocycles. The number of carbonyl (C=O) groups excluding carboxylic acids is 1. The van der Waals surface area contributed by atoms with Gasteiger partial charge in [0.2, 0.25) is 0 Å². The number of aromatic nitrogens is 1. The van der Waals surface area contributed by atoms with Crippen molar-refractivity contribution in [3.8, 4) is 5.75 Å². The Bertz CT molecular complexity index is 1010. The Balaban J connectivity index is 1.72. The molecule has 3 aromatic rings. The molecule has 0 unspecified atom stereocenters. The molecule has 1 aromatic heterocycles. The fraction of sp³-hybridized carbons (Fsp3) is 0.136. The first-order valence-corrected chi connectivity index (χ1v) is 10.2. The average molecular weight is 427 g/mol. The summed E-state index contributed by atoms with van der Waals surface area (Å²) < 4.78 is 5.46. The number of pyridine rings is 1. The highest BCUT2D eigenvalue weighted by Crippen LogP contribution is 2.28. The van der Waals surface area contributed by atoms with Crippen molar-refractivity contribution in [2.75, 3.05) is 7.11 Å². The molecule has 5 nitrogen and oxygen atoms in total. The molecule has 0 fully saturated rings. The van der Waals surface area contributed by atoms with Crippen LogP contribution in [0.1, 0.15) is 28.4 Å². The zero-order valence-electron chi connectivity index (χ0n) is 16.0. The van der Waals surface area contributed by atoms with E-state index in [1.165, 1.54) is 0 Å². The van der Waals surface area contributed by atoms with Crippen LogP contribution in [0.15, 0.2) is 77.0 Å². The molecule has 0 amide bonds. The van der Waals surface area contributed by atoms with Gasteiger partial charge in [0, 0.05) is 22.5 Å². The Morgan fingerprint density at radius 3 is 2.55 bits per heavy atom. The highest BCUT2D eigenvalue weighted by molar-refractivity contribution is 7.98. The van der Waals surface area contributed by atoms with Crippen LogP contribution in [0.25, 0.3) is 0 Å². The highest BCUT2D eigenvalue weighted by Gasteiger charge is 2.10. The fourth-order valence-corrected chi connectivity index (χ4v) is 3.47. The van der Waals surface area contributed by atoms with Gasteiger partial charge in [-0.1, -0.05) is 22.8 Å². The Hall–Kier alpha value is -2.83. The molecule has 148 valence electrons. The number of ether oxygens (including phenoxy) is 1. The third kappa shape index (κ3) is 5.82. The maximum Gasteiger partial charge on any atom is 0.365 e. The summed E-state index contributed by atoms with van der Waals surface area (Å²) in [6.45, 7) is 1.78. The molecule has 0 saturated carbocycles. The lowest BCUT2D eigenvalue weighted by molar-refractivity contribution is 0.0516. The first-order valence-electron chi connectivity index (χ1n) is 8.79. The summed E-state index contributed by atoms with van der Waals surface area (Å²) in [7, 11) is 1.64. The van der Waals surface area contributed by atoms with E-state index in [0.29, 0.717) is 22.1 Å². The summed E-state index contributed by atoms with van der Waals surface area (Å²) in [6.07, 6.45) is 1.77. The minimum Gasteiger partial charge on any atom is -0.496 e. The van der Waals surface area contributed by atoms with Crippen LogP contribution in [0.5, 0.6) is 5.75 Å². The molecule has 0 aliphatic carbocycles. The molecule has 0 aliphatic heterocycles. The molecule has 3 rings (SSSR count). The molecule has 0 atom stereocenters. The summed E-state index contributed by atoms with van der Waals surface area (Å²) in [6, 6.07) is 18.0. The Morgan fingerprint density at radius 2 is 1.86 bits per heavy atom. The van der Waals surface area contributed by atoms with Crippen LogP contribution in [0.3, 0.4) is 0 Å². The summed E-state index contributed by atoms with van der Waals surface area (Å²) in [5.41, 5.74) is 2.80. The van der Waals surface area contributed by atoms with Gasteiger partial charge in [-0.15, -0.1) is 11.8 Å². The zero-order valence-corrected chi connectivity index (χ0v) is 17.5. The van der Waals surface area contributed by atoms with E-state index >= 15 is 0 Å². The van der Waals surface area contributed by atoms with Crippen LogP contribution in [-0.2, 0) is 10.6 Å². The number of carbonyl (C=O) groups is 1. The number of thioether (sulfide) groups is 1. The van der Waals surface area contributed by atoms with Gasteiger partial charge in [0.15, 0.2) is 0 Å². The smallest absolute Gasteiger partial charge is 0.365 e. The van der Waals surface area contributed by atoms with Gasteiger partial charge in [0.1, 0.15) is 5.75 Å². The zero-order chi connectivity index (χ0) is 20.6. The van der Waals surface area contributed by atoms with E-state index < -0.39 is 5.97 Å². The number of hydrogen-bond acceptors (Lipinski definition) is 6. The average Bonchev–Trinajstić information content (AvgIpc) is 2.76.